The Hall–Kier alpha value is -1.73. The van der Waals surface area contributed by atoms with E-state index in [0.717, 1.165) is 0 Å². The minimum atomic E-state index is -0.610. The molecule has 0 amide bonds. The van der Waals surface area contributed by atoms with Crippen LogP contribution in [0.15, 0.2) is 34.9 Å². The number of aromatic nitrogens is 1. The zero-order chi connectivity index (χ0) is 14.9. The van der Waals surface area contributed by atoms with Gasteiger partial charge in [-0.2, -0.15) is 0 Å². The van der Waals surface area contributed by atoms with E-state index in [9.17, 15) is 14.5 Å². The Morgan fingerprint density at radius 1 is 1.45 bits per heavy atom. The second-order valence-electron chi connectivity index (χ2n) is 3.91. The van der Waals surface area contributed by atoms with E-state index in [1.54, 1.807) is 6.07 Å². The summed E-state index contributed by atoms with van der Waals surface area (Å²) in [6.07, 6.45) is 1.27. The van der Waals surface area contributed by atoms with Gasteiger partial charge in [0.15, 0.2) is 0 Å². The maximum absolute atomic E-state index is 13.9. The molecule has 1 aromatic heterocycles. The van der Waals surface area contributed by atoms with Crippen molar-refractivity contribution in [1.82, 2.24) is 4.98 Å². The zero-order valence-electron chi connectivity index (χ0n) is 10.2. The van der Waals surface area contributed by atoms with Crippen LogP contribution >= 0.6 is 27.5 Å². The highest BCUT2D eigenvalue weighted by Gasteiger charge is 2.22. The number of nitrogens with zero attached hydrogens (tertiary/aromatic N) is 3. The Morgan fingerprint density at radius 3 is 2.75 bits per heavy atom. The van der Waals surface area contributed by atoms with Crippen LogP contribution < -0.4 is 4.90 Å². The summed E-state index contributed by atoms with van der Waals surface area (Å²) >= 11 is 8.85. The van der Waals surface area contributed by atoms with Crippen LogP contribution in [-0.4, -0.2) is 17.0 Å². The van der Waals surface area contributed by atoms with E-state index in [1.165, 1.54) is 36.3 Å². The van der Waals surface area contributed by atoms with Crippen molar-refractivity contribution in [3.8, 4) is 0 Å². The Labute approximate surface area is 127 Å². The van der Waals surface area contributed by atoms with Crippen molar-refractivity contribution >= 4 is 44.7 Å². The summed E-state index contributed by atoms with van der Waals surface area (Å²) in [4.78, 5) is 15.6. The van der Waals surface area contributed by atoms with Gasteiger partial charge in [0.05, 0.1) is 15.6 Å². The number of halogens is 3. The predicted molar refractivity (Wildman–Crippen MR) is 78.1 cm³/mol. The summed E-state index contributed by atoms with van der Waals surface area (Å²) in [5.41, 5.74) is -0.117. The number of benzene rings is 1. The van der Waals surface area contributed by atoms with E-state index < -0.39 is 10.7 Å². The van der Waals surface area contributed by atoms with Crippen molar-refractivity contribution < 1.29 is 9.31 Å². The quantitative estimate of drug-likeness (QED) is 0.604. The third-order valence-electron chi connectivity index (χ3n) is 2.60. The van der Waals surface area contributed by atoms with E-state index in [-0.39, 0.29) is 22.2 Å². The highest BCUT2D eigenvalue weighted by atomic mass is 79.9. The van der Waals surface area contributed by atoms with Crippen LogP contribution in [0, 0.1) is 15.9 Å². The molecule has 0 radical (unpaired) electrons. The molecule has 0 spiro atoms. The number of nitro groups is 1. The molecule has 1 heterocycles. The standard InChI is InChI=1S/C12H8BrClFN3O2/c1-17(10-3-2-7(13)4-9(10)15)12-11(18(19)20)5-8(14)6-16-12/h2-6H,1H3. The monoisotopic (exact) mass is 359 g/mol. The minimum absolute atomic E-state index is 0.0145. The molecule has 0 bridgehead atoms. The smallest absolute Gasteiger partial charge is 0.313 e. The average Bonchev–Trinajstić information content (AvgIpc) is 2.37. The molecule has 5 nitrogen and oxygen atoms in total. The van der Waals surface area contributed by atoms with Crippen molar-refractivity contribution in [2.24, 2.45) is 0 Å². The van der Waals surface area contributed by atoms with Gasteiger partial charge in [-0.3, -0.25) is 10.1 Å². The molecule has 2 aromatic rings. The van der Waals surface area contributed by atoms with Gasteiger partial charge in [-0.1, -0.05) is 27.5 Å². The Morgan fingerprint density at radius 2 is 2.15 bits per heavy atom. The average molecular weight is 361 g/mol. The molecular weight excluding hydrogens is 353 g/mol. The summed E-state index contributed by atoms with van der Waals surface area (Å²) in [5, 5.41) is 11.2. The second kappa shape index (κ2) is 5.72. The van der Waals surface area contributed by atoms with Gasteiger partial charge in [-0.25, -0.2) is 9.37 Å². The van der Waals surface area contributed by atoms with Crippen molar-refractivity contribution in [3.63, 3.8) is 0 Å². The van der Waals surface area contributed by atoms with Crippen LogP contribution in [0.1, 0.15) is 0 Å². The Balaban J connectivity index is 2.53. The molecule has 20 heavy (non-hydrogen) atoms. The fraction of sp³-hybridized carbons (Fsp3) is 0.0833. The molecule has 0 unspecified atom stereocenters. The molecule has 0 aliphatic carbocycles. The van der Waals surface area contributed by atoms with Gasteiger partial charge >= 0.3 is 5.69 Å². The molecule has 104 valence electrons. The lowest BCUT2D eigenvalue weighted by Gasteiger charge is -2.18. The van der Waals surface area contributed by atoms with Crippen LogP contribution in [-0.2, 0) is 0 Å². The molecular formula is C12H8BrClFN3O2. The van der Waals surface area contributed by atoms with Crippen molar-refractivity contribution in [3.05, 3.63) is 55.9 Å². The molecule has 0 saturated carbocycles. The number of anilines is 2. The van der Waals surface area contributed by atoms with Crippen molar-refractivity contribution in [2.75, 3.05) is 11.9 Å². The molecule has 0 fully saturated rings. The fourth-order valence-electron chi connectivity index (χ4n) is 1.68. The van der Waals surface area contributed by atoms with Crippen LogP contribution in [0.3, 0.4) is 0 Å². The maximum Gasteiger partial charge on any atom is 0.313 e. The summed E-state index contributed by atoms with van der Waals surface area (Å²) in [7, 11) is 1.50. The van der Waals surface area contributed by atoms with Gasteiger partial charge in [0.2, 0.25) is 5.82 Å². The molecule has 1 aromatic carbocycles. The van der Waals surface area contributed by atoms with E-state index in [2.05, 4.69) is 20.9 Å². The first-order valence-electron chi connectivity index (χ1n) is 5.39. The van der Waals surface area contributed by atoms with Crippen LogP contribution in [0.25, 0.3) is 0 Å². The number of pyridine rings is 1. The Bertz CT molecular complexity index is 684. The molecule has 0 aliphatic heterocycles. The highest BCUT2D eigenvalue weighted by molar-refractivity contribution is 9.10. The largest absolute Gasteiger partial charge is 0.321 e. The maximum atomic E-state index is 13.9. The molecule has 0 N–H and O–H groups in total. The number of rotatable bonds is 3. The van der Waals surface area contributed by atoms with Gasteiger partial charge in [0.25, 0.3) is 0 Å². The molecule has 8 heteroatoms. The second-order valence-corrected chi connectivity index (χ2v) is 5.26. The van der Waals surface area contributed by atoms with E-state index >= 15 is 0 Å². The molecule has 2 rings (SSSR count). The topological polar surface area (TPSA) is 59.3 Å². The van der Waals surface area contributed by atoms with Gasteiger partial charge in [0, 0.05) is 23.8 Å². The molecule has 0 aliphatic rings. The molecule has 0 atom stereocenters. The van der Waals surface area contributed by atoms with Crippen LogP contribution in [0.5, 0.6) is 0 Å². The lowest BCUT2D eigenvalue weighted by molar-refractivity contribution is -0.384. The fourth-order valence-corrected chi connectivity index (χ4v) is 2.17. The summed E-state index contributed by atoms with van der Waals surface area (Å²) in [6.45, 7) is 0. The summed E-state index contributed by atoms with van der Waals surface area (Å²) in [6, 6.07) is 5.58. The van der Waals surface area contributed by atoms with Gasteiger partial charge < -0.3 is 4.90 Å². The lowest BCUT2D eigenvalue weighted by Crippen LogP contribution is -2.14. The first-order chi connectivity index (χ1) is 9.40. The van der Waals surface area contributed by atoms with E-state index in [4.69, 9.17) is 11.6 Å². The van der Waals surface area contributed by atoms with Gasteiger partial charge in [-0.15, -0.1) is 0 Å². The molecule has 0 saturated heterocycles. The summed E-state index contributed by atoms with van der Waals surface area (Å²) in [5.74, 6) is -0.506. The van der Waals surface area contributed by atoms with E-state index in [1.807, 2.05) is 0 Å². The van der Waals surface area contributed by atoms with Crippen molar-refractivity contribution in [2.45, 2.75) is 0 Å². The first kappa shape index (κ1) is 14.7. The SMILES string of the molecule is CN(c1ccc(Br)cc1F)c1ncc(Cl)cc1[N+](=O)[O-]. The third-order valence-corrected chi connectivity index (χ3v) is 3.30. The van der Waals surface area contributed by atoms with Crippen LogP contribution in [0.4, 0.5) is 21.6 Å². The predicted octanol–water partition coefficient (Wildman–Crippen LogP) is 4.31. The Kier molecular flexibility index (Phi) is 4.20. The number of hydrogen-bond donors (Lipinski definition) is 0. The van der Waals surface area contributed by atoms with Gasteiger partial charge in [-0.05, 0) is 18.2 Å². The zero-order valence-corrected chi connectivity index (χ0v) is 12.5. The lowest BCUT2D eigenvalue weighted by atomic mass is 10.2. The van der Waals surface area contributed by atoms with Gasteiger partial charge in [0.1, 0.15) is 5.82 Å². The first-order valence-corrected chi connectivity index (χ1v) is 6.56. The third kappa shape index (κ3) is 2.88. The normalized spacial score (nSPS) is 10.4. The van der Waals surface area contributed by atoms with Crippen LogP contribution in [0.2, 0.25) is 5.02 Å². The van der Waals surface area contributed by atoms with E-state index in [0.29, 0.717) is 4.47 Å². The minimum Gasteiger partial charge on any atom is -0.321 e. The highest BCUT2D eigenvalue weighted by Crippen LogP contribution is 2.33. The number of hydrogen-bond acceptors (Lipinski definition) is 4. The van der Waals surface area contributed by atoms with Crippen molar-refractivity contribution in [1.29, 1.82) is 0 Å². The summed E-state index contributed by atoms with van der Waals surface area (Å²) < 4.78 is 14.5.